The van der Waals surface area contributed by atoms with E-state index in [-0.39, 0.29) is 6.79 Å². The van der Waals surface area contributed by atoms with Gasteiger partial charge in [0.15, 0.2) is 17.8 Å². The van der Waals surface area contributed by atoms with E-state index in [1.54, 1.807) is 26.0 Å². The number of hydrogen-bond donors (Lipinski definition) is 1. The molecule has 0 amide bonds. The molecule has 17 heavy (non-hydrogen) atoms. The highest BCUT2D eigenvalue weighted by Gasteiger charge is 2.20. The topological polar surface area (TPSA) is 65.0 Å². The Bertz CT molecular complexity index is 427. The van der Waals surface area contributed by atoms with E-state index in [1.807, 2.05) is 0 Å². The van der Waals surface area contributed by atoms with Gasteiger partial charge in [-0.1, -0.05) is 0 Å². The third-order valence-corrected chi connectivity index (χ3v) is 2.62. The zero-order valence-electron chi connectivity index (χ0n) is 9.67. The summed E-state index contributed by atoms with van der Waals surface area (Å²) >= 11 is 0. The first-order valence-corrected chi connectivity index (χ1v) is 5.35. The van der Waals surface area contributed by atoms with Crippen LogP contribution in [0.5, 0.6) is 17.2 Å². The van der Waals surface area contributed by atoms with Gasteiger partial charge in [-0.3, -0.25) is 4.79 Å². The lowest BCUT2D eigenvalue weighted by Gasteiger charge is -2.18. The van der Waals surface area contributed by atoms with Crippen molar-refractivity contribution < 1.29 is 24.1 Å². The minimum atomic E-state index is -0.625. The number of ether oxygens (including phenoxy) is 3. The van der Waals surface area contributed by atoms with Crippen LogP contribution in [-0.2, 0) is 0 Å². The molecule has 1 aliphatic heterocycles. The molecule has 0 saturated heterocycles. The summed E-state index contributed by atoms with van der Waals surface area (Å²) in [6.07, 6.45) is -0.347. The molecule has 1 aromatic carbocycles. The summed E-state index contributed by atoms with van der Waals surface area (Å²) in [5.41, 5.74) is 0.377. The smallest absolute Gasteiger partial charge is 0.231 e. The molecular weight excluding hydrogens is 224 g/mol. The normalized spacial score (nSPS) is 16.4. The van der Waals surface area contributed by atoms with Crippen molar-refractivity contribution in [2.24, 2.45) is 0 Å². The molecule has 2 atom stereocenters. The minimum absolute atomic E-state index is 0.142. The van der Waals surface area contributed by atoms with Gasteiger partial charge in [0.05, 0.1) is 11.7 Å². The Kier molecular flexibility index (Phi) is 3.19. The van der Waals surface area contributed by atoms with Crippen LogP contribution in [0.25, 0.3) is 0 Å². The Morgan fingerprint density at radius 1 is 1.35 bits per heavy atom. The van der Waals surface area contributed by atoms with Crippen LogP contribution in [0.1, 0.15) is 24.2 Å². The van der Waals surface area contributed by atoms with Crippen molar-refractivity contribution in [3.8, 4) is 17.2 Å². The van der Waals surface area contributed by atoms with Gasteiger partial charge in [0.2, 0.25) is 6.79 Å². The lowest BCUT2D eigenvalue weighted by Crippen LogP contribution is -2.26. The molecule has 2 rings (SSSR count). The number of rotatable bonds is 4. The third kappa shape index (κ3) is 2.34. The summed E-state index contributed by atoms with van der Waals surface area (Å²) in [7, 11) is 0. The standard InChI is InChI=1S/C12H14O5/c1-7(14)8(2)17-10-4-12-11(15-6-16-12)3-9(10)5-13/h3-5,7-8,14H,6H2,1-2H3. The van der Waals surface area contributed by atoms with Crippen molar-refractivity contribution in [1.29, 1.82) is 0 Å². The fourth-order valence-electron chi connectivity index (χ4n) is 1.43. The molecule has 0 spiro atoms. The monoisotopic (exact) mass is 238 g/mol. The number of carbonyl (C=O) groups is 1. The Morgan fingerprint density at radius 3 is 2.59 bits per heavy atom. The molecule has 2 unspecified atom stereocenters. The number of aliphatic hydroxyl groups excluding tert-OH is 1. The van der Waals surface area contributed by atoms with Gasteiger partial charge in [-0.2, -0.15) is 0 Å². The van der Waals surface area contributed by atoms with Crippen molar-refractivity contribution in [3.05, 3.63) is 17.7 Å². The molecule has 0 aliphatic carbocycles. The van der Waals surface area contributed by atoms with Crippen molar-refractivity contribution in [3.63, 3.8) is 0 Å². The largest absolute Gasteiger partial charge is 0.487 e. The highest BCUT2D eigenvalue weighted by molar-refractivity contribution is 5.81. The number of benzene rings is 1. The van der Waals surface area contributed by atoms with Crippen molar-refractivity contribution >= 4 is 6.29 Å². The zero-order valence-corrected chi connectivity index (χ0v) is 9.67. The zero-order chi connectivity index (χ0) is 12.4. The first-order valence-electron chi connectivity index (χ1n) is 5.35. The highest BCUT2D eigenvalue weighted by atomic mass is 16.7. The average molecular weight is 238 g/mol. The SMILES string of the molecule is CC(O)C(C)Oc1cc2c(cc1C=O)OCO2. The molecule has 0 fully saturated rings. The number of carbonyl (C=O) groups excluding carboxylic acids is 1. The molecule has 0 saturated carbocycles. The van der Waals surface area contributed by atoms with E-state index in [0.29, 0.717) is 29.1 Å². The van der Waals surface area contributed by atoms with E-state index in [0.717, 1.165) is 0 Å². The fraction of sp³-hybridized carbons (Fsp3) is 0.417. The first-order chi connectivity index (χ1) is 8.11. The van der Waals surface area contributed by atoms with Crippen LogP contribution in [0.2, 0.25) is 0 Å². The van der Waals surface area contributed by atoms with Crippen LogP contribution in [-0.4, -0.2) is 30.4 Å². The molecule has 5 nitrogen and oxygen atoms in total. The van der Waals surface area contributed by atoms with Gasteiger partial charge >= 0.3 is 0 Å². The molecule has 1 heterocycles. The average Bonchev–Trinajstić information content (AvgIpc) is 2.74. The second kappa shape index (κ2) is 4.63. The lowest BCUT2D eigenvalue weighted by atomic mass is 10.2. The molecule has 1 aromatic rings. The highest BCUT2D eigenvalue weighted by Crippen LogP contribution is 2.37. The van der Waals surface area contributed by atoms with Crippen LogP contribution in [0.3, 0.4) is 0 Å². The summed E-state index contributed by atoms with van der Waals surface area (Å²) in [6.45, 7) is 3.49. The van der Waals surface area contributed by atoms with E-state index in [1.165, 1.54) is 0 Å². The van der Waals surface area contributed by atoms with Crippen LogP contribution in [0.4, 0.5) is 0 Å². The van der Waals surface area contributed by atoms with Gasteiger partial charge in [0.25, 0.3) is 0 Å². The Balaban J connectivity index is 2.29. The quantitative estimate of drug-likeness (QED) is 0.803. The second-order valence-corrected chi connectivity index (χ2v) is 3.92. The van der Waals surface area contributed by atoms with Gasteiger partial charge in [-0.05, 0) is 19.9 Å². The van der Waals surface area contributed by atoms with Crippen LogP contribution in [0, 0.1) is 0 Å². The number of aliphatic hydroxyl groups is 1. The molecule has 1 aliphatic rings. The van der Waals surface area contributed by atoms with Gasteiger partial charge in [-0.25, -0.2) is 0 Å². The van der Waals surface area contributed by atoms with Crippen molar-refractivity contribution in [2.75, 3.05) is 6.79 Å². The van der Waals surface area contributed by atoms with Crippen molar-refractivity contribution in [2.45, 2.75) is 26.1 Å². The van der Waals surface area contributed by atoms with Gasteiger partial charge < -0.3 is 19.3 Å². The summed E-state index contributed by atoms with van der Waals surface area (Å²) < 4.78 is 15.9. The van der Waals surface area contributed by atoms with E-state index in [2.05, 4.69) is 0 Å². The summed E-state index contributed by atoms with van der Waals surface area (Å²) in [4.78, 5) is 10.9. The molecule has 92 valence electrons. The Morgan fingerprint density at radius 2 is 2.00 bits per heavy atom. The van der Waals surface area contributed by atoms with Gasteiger partial charge in [0, 0.05) is 6.07 Å². The third-order valence-electron chi connectivity index (χ3n) is 2.62. The maximum absolute atomic E-state index is 10.9. The molecule has 1 N–H and O–H groups in total. The first kappa shape index (κ1) is 11.7. The van der Waals surface area contributed by atoms with Crippen molar-refractivity contribution in [1.82, 2.24) is 0 Å². The maximum atomic E-state index is 10.9. The number of fused-ring (bicyclic) bond motifs is 1. The lowest BCUT2D eigenvalue weighted by molar-refractivity contribution is 0.0596. The van der Waals surface area contributed by atoms with E-state index < -0.39 is 12.2 Å². The molecular formula is C12H14O5. The van der Waals surface area contributed by atoms with Crippen LogP contribution < -0.4 is 14.2 Å². The summed E-state index contributed by atoms with van der Waals surface area (Å²) in [5.74, 6) is 1.46. The van der Waals surface area contributed by atoms with Crippen LogP contribution >= 0.6 is 0 Å². The Labute approximate surface area is 98.9 Å². The van der Waals surface area contributed by atoms with E-state index in [4.69, 9.17) is 14.2 Å². The molecule has 0 aromatic heterocycles. The van der Waals surface area contributed by atoms with E-state index >= 15 is 0 Å². The van der Waals surface area contributed by atoms with Gasteiger partial charge in [0.1, 0.15) is 11.9 Å². The summed E-state index contributed by atoms with van der Waals surface area (Å²) in [5, 5.41) is 9.37. The molecule has 5 heteroatoms. The van der Waals surface area contributed by atoms with E-state index in [9.17, 15) is 9.90 Å². The van der Waals surface area contributed by atoms with Crippen LogP contribution in [0.15, 0.2) is 12.1 Å². The van der Waals surface area contributed by atoms with Gasteiger partial charge in [-0.15, -0.1) is 0 Å². The Hall–Kier alpha value is -1.75. The molecule has 0 radical (unpaired) electrons. The fourth-order valence-corrected chi connectivity index (χ4v) is 1.43. The maximum Gasteiger partial charge on any atom is 0.231 e. The predicted molar refractivity (Wildman–Crippen MR) is 59.7 cm³/mol. The molecule has 0 bridgehead atoms. The minimum Gasteiger partial charge on any atom is -0.487 e. The summed E-state index contributed by atoms with van der Waals surface area (Å²) in [6, 6.07) is 3.17. The number of hydrogen-bond acceptors (Lipinski definition) is 5. The second-order valence-electron chi connectivity index (χ2n) is 3.92. The predicted octanol–water partition coefficient (Wildman–Crippen LogP) is 1.38. The number of aldehydes is 1.